The van der Waals surface area contributed by atoms with Crippen LogP contribution in [0.2, 0.25) is 5.02 Å². The van der Waals surface area contributed by atoms with Gasteiger partial charge in [0.05, 0.1) is 13.0 Å². The molecule has 26 heavy (non-hydrogen) atoms. The van der Waals surface area contributed by atoms with Crippen molar-refractivity contribution in [2.45, 2.75) is 19.1 Å². The van der Waals surface area contributed by atoms with E-state index in [0.717, 1.165) is 0 Å². The highest BCUT2D eigenvalue weighted by atomic mass is 35.5. The molecule has 0 N–H and O–H groups in total. The van der Waals surface area contributed by atoms with Crippen LogP contribution in [0.3, 0.4) is 0 Å². The van der Waals surface area contributed by atoms with Crippen LogP contribution in [-0.2, 0) is 11.3 Å². The highest BCUT2D eigenvalue weighted by molar-refractivity contribution is 6.31. The lowest BCUT2D eigenvalue weighted by Gasteiger charge is -2.35. The average molecular weight is 396 g/mol. The maximum Gasteiger partial charge on any atom is 0.390 e. The molecule has 1 aromatic carbocycles. The fourth-order valence-electron chi connectivity index (χ4n) is 2.79. The van der Waals surface area contributed by atoms with Crippen LogP contribution in [0.15, 0.2) is 18.2 Å². The van der Waals surface area contributed by atoms with Gasteiger partial charge in [-0.3, -0.25) is 14.6 Å². The summed E-state index contributed by atoms with van der Waals surface area (Å²) in [4.78, 5) is 17.2. The Bertz CT molecular complexity index is 598. The first kappa shape index (κ1) is 20.9. The van der Waals surface area contributed by atoms with Crippen molar-refractivity contribution in [3.05, 3.63) is 34.6 Å². The molecule has 0 saturated carbocycles. The minimum absolute atomic E-state index is 0.0464. The van der Waals surface area contributed by atoms with Gasteiger partial charge in [0, 0.05) is 49.9 Å². The SMILES string of the molecule is CN(CCC(F)(F)F)CC(=O)N1CCN(Cc2c(F)cccc2Cl)CC1. The van der Waals surface area contributed by atoms with Gasteiger partial charge >= 0.3 is 6.18 Å². The Hall–Kier alpha value is -1.38. The number of likely N-dealkylation sites (N-methyl/N-ethyl adjacent to an activating group) is 1. The Morgan fingerprint density at radius 3 is 2.46 bits per heavy atom. The number of hydrogen-bond acceptors (Lipinski definition) is 3. The molecule has 9 heteroatoms. The molecule has 0 atom stereocenters. The van der Waals surface area contributed by atoms with Gasteiger partial charge in [-0.2, -0.15) is 13.2 Å². The fourth-order valence-corrected chi connectivity index (χ4v) is 3.01. The molecule has 1 aliphatic rings. The van der Waals surface area contributed by atoms with E-state index >= 15 is 0 Å². The highest BCUT2D eigenvalue weighted by Crippen LogP contribution is 2.22. The second-order valence-electron chi connectivity index (χ2n) is 6.46. The zero-order valence-corrected chi connectivity index (χ0v) is 15.3. The maximum atomic E-state index is 13.8. The van der Waals surface area contributed by atoms with Crippen molar-refractivity contribution < 1.29 is 22.4 Å². The van der Waals surface area contributed by atoms with E-state index < -0.39 is 12.6 Å². The third-order valence-corrected chi connectivity index (χ3v) is 4.70. The number of halogens is 5. The van der Waals surface area contributed by atoms with E-state index in [1.54, 1.807) is 17.0 Å². The topological polar surface area (TPSA) is 26.8 Å². The van der Waals surface area contributed by atoms with Crippen molar-refractivity contribution >= 4 is 17.5 Å². The van der Waals surface area contributed by atoms with Crippen molar-refractivity contribution in [3.8, 4) is 0 Å². The third kappa shape index (κ3) is 6.41. The second-order valence-corrected chi connectivity index (χ2v) is 6.87. The number of carbonyl (C=O) groups excluding carboxylic acids is 1. The molecule has 1 fully saturated rings. The molecule has 1 saturated heterocycles. The second kappa shape index (κ2) is 9.01. The van der Waals surface area contributed by atoms with Crippen molar-refractivity contribution in [1.29, 1.82) is 0 Å². The van der Waals surface area contributed by atoms with Crippen LogP contribution in [-0.4, -0.2) is 73.1 Å². The van der Waals surface area contributed by atoms with E-state index in [0.29, 0.717) is 43.3 Å². The van der Waals surface area contributed by atoms with Crippen LogP contribution in [0.1, 0.15) is 12.0 Å². The van der Waals surface area contributed by atoms with Crippen LogP contribution in [0.4, 0.5) is 17.6 Å². The zero-order valence-electron chi connectivity index (χ0n) is 14.5. The lowest BCUT2D eigenvalue weighted by molar-refractivity contribution is -0.142. The summed E-state index contributed by atoms with van der Waals surface area (Å²) in [5.41, 5.74) is 0.431. The van der Waals surface area contributed by atoms with Crippen molar-refractivity contribution in [1.82, 2.24) is 14.7 Å². The molecule has 1 aliphatic heterocycles. The van der Waals surface area contributed by atoms with Gasteiger partial charge in [-0.25, -0.2) is 4.39 Å². The van der Waals surface area contributed by atoms with Crippen LogP contribution in [0.25, 0.3) is 0 Å². The summed E-state index contributed by atoms with van der Waals surface area (Å²) in [6, 6.07) is 4.54. The number of hydrogen-bond donors (Lipinski definition) is 0. The fraction of sp³-hybridized carbons (Fsp3) is 0.588. The Morgan fingerprint density at radius 2 is 1.88 bits per heavy atom. The number of carbonyl (C=O) groups is 1. The largest absolute Gasteiger partial charge is 0.390 e. The van der Waals surface area contributed by atoms with Crippen LogP contribution in [0.5, 0.6) is 0 Å². The standard InChI is InChI=1S/C17H22ClF4N3O/c1-23(6-5-17(20,21)22)12-16(26)25-9-7-24(8-10-25)11-13-14(18)3-2-4-15(13)19/h2-4H,5-12H2,1H3. The zero-order chi connectivity index (χ0) is 19.3. The maximum absolute atomic E-state index is 13.8. The summed E-state index contributed by atoms with van der Waals surface area (Å²) >= 11 is 6.03. The van der Waals surface area contributed by atoms with Gasteiger partial charge in [-0.1, -0.05) is 17.7 Å². The van der Waals surface area contributed by atoms with E-state index in [2.05, 4.69) is 0 Å². The first-order chi connectivity index (χ1) is 12.2. The molecule has 0 spiro atoms. The Morgan fingerprint density at radius 1 is 1.23 bits per heavy atom. The van der Waals surface area contributed by atoms with Crippen molar-refractivity contribution in [3.63, 3.8) is 0 Å². The van der Waals surface area contributed by atoms with E-state index in [1.165, 1.54) is 18.0 Å². The van der Waals surface area contributed by atoms with Crippen LogP contribution < -0.4 is 0 Å². The number of piperazine rings is 1. The number of benzene rings is 1. The molecule has 0 bridgehead atoms. The van der Waals surface area contributed by atoms with Crippen LogP contribution in [0, 0.1) is 5.82 Å². The lowest BCUT2D eigenvalue weighted by Crippen LogP contribution is -2.50. The molecule has 1 amide bonds. The van der Waals surface area contributed by atoms with Gasteiger partial charge < -0.3 is 4.90 Å². The van der Waals surface area contributed by atoms with Gasteiger partial charge in [0.15, 0.2) is 0 Å². The highest BCUT2D eigenvalue weighted by Gasteiger charge is 2.28. The molecule has 2 rings (SSSR count). The molecule has 0 aliphatic carbocycles. The molecule has 0 radical (unpaired) electrons. The van der Waals surface area contributed by atoms with Crippen molar-refractivity contribution in [2.24, 2.45) is 0 Å². The van der Waals surface area contributed by atoms with Gasteiger partial charge in [0.25, 0.3) is 0 Å². The van der Waals surface area contributed by atoms with Gasteiger partial charge in [-0.05, 0) is 19.2 Å². The predicted molar refractivity (Wildman–Crippen MR) is 91.4 cm³/mol. The van der Waals surface area contributed by atoms with E-state index in [1.807, 2.05) is 4.90 Å². The molecule has 0 aromatic heterocycles. The molecule has 1 aromatic rings. The Kier molecular flexibility index (Phi) is 7.25. The minimum Gasteiger partial charge on any atom is -0.339 e. The molecule has 1 heterocycles. The normalized spacial score (nSPS) is 16.3. The molecular weight excluding hydrogens is 374 g/mol. The van der Waals surface area contributed by atoms with E-state index in [9.17, 15) is 22.4 Å². The summed E-state index contributed by atoms with van der Waals surface area (Å²) in [6.07, 6.45) is -5.16. The number of amides is 1. The first-order valence-corrected chi connectivity index (χ1v) is 8.72. The minimum atomic E-state index is -4.23. The van der Waals surface area contributed by atoms with E-state index in [4.69, 9.17) is 11.6 Å². The summed E-state index contributed by atoms with van der Waals surface area (Å²) in [6.45, 7) is 2.14. The van der Waals surface area contributed by atoms with Gasteiger partial charge in [-0.15, -0.1) is 0 Å². The molecular formula is C17H22ClF4N3O. The summed E-state index contributed by atoms with van der Waals surface area (Å²) in [5.74, 6) is -0.555. The smallest absolute Gasteiger partial charge is 0.339 e. The predicted octanol–water partition coefficient (Wildman–Crippen LogP) is 3.01. The number of rotatable bonds is 6. The number of alkyl halides is 3. The van der Waals surface area contributed by atoms with E-state index in [-0.39, 0.29) is 24.8 Å². The quantitative estimate of drug-likeness (QED) is 0.693. The van der Waals surface area contributed by atoms with Gasteiger partial charge in [0.1, 0.15) is 5.82 Å². The summed E-state index contributed by atoms with van der Waals surface area (Å²) in [7, 11) is 1.50. The van der Waals surface area contributed by atoms with Crippen LogP contribution >= 0.6 is 11.6 Å². The molecule has 0 unspecified atom stereocenters. The third-order valence-electron chi connectivity index (χ3n) is 4.35. The van der Waals surface area contributed by atoms with Crippen molar-refractivity contribution in [2.75, 3.05) is 46.3 Å². The average Bonchev–Trinajstić information content (AvgIpc) is 2.56. The summed E-state index contributed by atoms with van der Waals surface area (Å²) < 4.78 is 50.5. The molecule has 4 nitrogen and oxygen atoms in total. The monoisotopic (exact) mass is 395 g/mol. The number of nitrogens with zero attached hydrogens (tertiary/aromatic N) is 3. The molecule has 146 valence electrons. The summed E-state index contributed by atoms with van der Waals surface area (Å²) in [5, 5.41) is 0.370. The lowest BCUT2D eigenvalue weighted by atomic mass is 10.2. The Labute approximate surface area is 155 Å². The first-order valence-electron chi connectivity index (χ1n) is 8.34. The van der Waals surface area contributed by atoms with Gasteiger partial charge in [0.2, 0.25) is 5.91 Å². The Balaban J connectivity index is 1.78.